The predicted octanol–water partition coefficient (Wildman–Crippen LogP) is 3.42. The highest BCUT2D eigenvalue weighted by atomic mass is 32.2. The first-order valence-electron chi connectivity index (χ1n) is 4.42. The zero-order chi connectivity index (χ0) is 10.1. The fourth-order valence-electron chi connectivity index (χ4n) is 1.66. The van der Waals surface area contributed by atoms with Crippen LogP contribution < -0.4 is 0 Å². The van der Waals surface area contributed by atoms with Gasteiger partial charge in [0, 0.05) is 9.60 Å². The van der Waals surface area contributed by atoms with Crippen LogP contribution >= 0.6 is 23.1 Å². The molecule has 1 heterocycles. The number of thiophene rings is 1. The van der Waals surface area contributed by atoms with Crippen LogP contribution in [-0.2, 0) is 6.61 Å². The van der Waals surface area contributed by atoms with E-state index in [0.29, 0.717) is 0 Å². The van der Waals surface area contributed by atoms with Gasteiger partial charge in [-0.1, -0.05) is 0 Å². The molecule has 1 N–H and O–H groups in total. The van der Waals surface area contributed by atoms with E-state index in [-0.39, 0.29) is 6.61 Å². The van der Waals surface area contributed by atoms with E-state index in [9.17, 15) is 5.11 Å². The third-order valence-electron chi connectivity index (χ3n) is 2.42. The molecule has 14 heavy (non-hydrogen) atoms. The van der Waals surface area contributed by atoms with Gasteiger partial charge in [-0.25, -0.2) is 0 Å². The van der Waals surface area contributed by atoms with Gasteiger partial charge in [-0.3, -0.25) is 0 Å². The fraction of sp³-hybridized carbons (Fsp3) is 0.273. The van der Waals surface area contributed by atoms with Gasteiger partial charge >= 0.3 is 0 Å². The molecule has 0 atom stereocenters. The third-order valence-corrected chi connectivity index (χ3v) is 4.25. The first-order valence-corrected chi connectivity index (χ1v) is 6.53. The molecular formula is C11H12OS2. The number of hydrogen-bond acceptors (Lipinski definition) is 3. The summed E-state index contributed by atoms with van der Waals surface area (Å²) in [4.78, 5) is 1.31. The van der Waals surface area contributed by atoms with Crippen molar-refractivity contribution < 1.29 is 5.11 Å². The first kappa shape index (κ1) is 10.0. The van der Waals surface area contributed by atoms with Crippen molar-refractivity contribution in [3.8, 4) is 0 Å². The van der Waals surface area contributed by atoms with Gasteiger partial charge in [0.15, 0.2) is 0 Å². The molecule has 74 valence electrons. The molecule has 2 rings (SSSR count). The summed E-state index contributed by atoms with van der Waals surface area (Å²) in [6.45, 7) is 2.19. The number of aliphatic hydroxyl groups excluding tert-OH is 1. The van der Waals surface area contributed by atoms with Gasteiger partial charge < -0.3 is 5.11 Å². The second-order valence-corrected chi connectivity index (χ2v) is 4.96. The Morgan fingerprint density at radius 3 is 2.93 bits per heavy atom. The van der Waals surface area contributed by atoms with Crippen LogP contribution in [0.15, 0.2) is 22.4 Å². The molecule has 1 aromatic carbocycles. The Morgan fingerprint density at radius 2 is 2.29 bits per heavy atom. The third kappa shape index (κ3) is 1.45. The second-order valence-electron chi connectivity index (χ2n) is 3.20. The maximum atomic E-state index is 9.30. The lowest BCUT2D eigenvalue weighted by Gasteiger charge is -2.07. The molecule has 0 saturated heterocycles. The molecule has 0 aliphatic carbocycles. The molecule has 0 saturated carbocycles. The van der Waals surface area contributed by atoms with Crippen molar-refractivity contribution >= 4 is 33.2 Å². The lowest BCUT2D eigenvalue weighted by Crippen LogP contribution is -1.90. The van der Waals surface area contributed by atoms with Gasteiger partial charge in [-0.05, 0) is 47.2 Å². The van der Waals surface area contributed by atoms with Gasteiger partial charge in [0.2, 0.25) is 0 Å². The molecule has 1 nitrogen and oxygen atoms in total. The van der Waals surface area contributed by atoms with E-state index in [0.717, 1.165) is 5.56 Å². The minimum absolute atomic E-state index is 0.133. The van der Waals surface area contributed by atoms with Crippen molar-refractivity contribution in [1.82, 2.24) is 0 Å². The summed E-state index contributed by atoms with van der Waals surface area (Å²) >= 11 is 3.51. The highest BCUT2D eigenvalue weighted by Crippen LogP contribution is 2.35. The van der Waals surface area contributed by atoms with Crippen molar-refractivity contribution in [1.29, 1.82) is 0 Å². The molecule has 0 radical (unpaired) electrons. The molecule has 0 spiro atoms. The normalized spacial score (nSPS) is 11.1. The molecule has 2 aromatic rings. The quantitative estimate of drug-likeness (QED) is 0.789. The van der Waals surface area contributed by atoms with Gasteiger partial charge in [-0.2, -0.15) is 0 Å². The summed E-state index contributed by atoms with van der Waals surface area (Å²) < 4.78 is 1.30. The Hall–Kier alpha value is -0.510. The summed E-state index contributed by atoms with van der Waals surface area (Å²) in [7, 11) is 0. The predicted molar refractivity (Wildman–Crippen MR) is 64.3 cm³/mol. The fourth-order valence-corrected chi connectivity index (χ4v) is 3.48. The number of hydrogen-bond donors (Lipinski definition) is 1. The Labute approximate surface area is 91.8 Å². The minimum atomic E-state index is 0.133. The molecule has 1 aromatic heterocycles. The monoisotopic (exact) mass is 224 g/mol. The number of fused-ring (bicyclic) bond motifs is 1. The lowest BCUT2D eigenvalue weighted by atomic mass is 10.1. The highest BCUT2D eigenvalue weighted by Gasteiger charge is 2.09. The SMILES string of the molecule is CSc1cc(C)c(CO)c2ccsc12. The number of benzene rings is 1. The van der Waals surface area contributed by atoms with Crippen LogP contribution in [0.5, 0.6) is 0 Å². The standard InChI is InChI=1S/C11H12OS2/c1-7-5-10(13-2)11-8(3-4-14-11)9(7)6-12/h3-5,12H,6H2,1-2H3. The molecular weight excluding hydrogens is 212 g/mol. The Balaban J connectivity index is 2.81. The highest BCUT2D eigenvalue weighted by molar-refractivity contribution is 7.99. The zero-order valence-corrected chi connectivity index (χ0v) is 9.84. The molecule has 0 amide bonds. The van der Waals surface area contributed by atoms with E-state index in [1.54, 1.807) is 23.1 Å². The summed E-state index contributed by atoms with van der Waals surface area (Å²) in [6, 6.07) is 4.26. The minimum Gasteiger partial charge on any atom is -0.392 e. The van der Waals surface area contributed by atoms with E-state index in [1.807, 2.05) is 0 Å². The Morgan fingerprint density at radius 1 is 1.50 bits per heavy atom. The van der Waals surface area contributed by atoms with Gasteiger partial charge in [0.25, 0.3) is 0 Å². The van der Waals surface area contributed by atoms with E-state index in [2.05, 4.69) is 30.7 Å². The molecule has 3 heteroatoms. The smallest absolute Gasteiger partial charge is 0.0690 e. The molecule has 0 aliphatic heterocycles. The van der Waals surface area contributed by atoms with Crippen molar-refractivity contribution in [3.63, 3.8) is 0 Å². The van der Waals surface area contributed by atoms with Crippen LogP contribution in [0.2, 0.25) is 0 Å². The average molecular weight is 224 g/mol. The molecule has 0 unspecified atom stereocenters. The van der Waals surface area contributed by atoms with Crippen LogP contribution in [0.3, 0.4) is 0 Å². The van der Waals surface area contributed by atoms with Crippen LogP contribution in [0.1, 0.15) is 11.1 Å². The number of aliphatic hydroxyl groups is 1. The van der Waals surface area contributed by atoms with E-state index in [4.69, 9.17) is 0 Å². The van der Waals surface area contributed by atoms with Crippen LogP contribution in [0.25, 0.3) is 10.1 Å². The summed E-state index contributed by atoms with van der Waals surface area (Å²) in [6.07, 6.45) is 2.09. The van der Waals surface area contributed by atoms with E-state index < -0.39 is 0 Å². The number of aryl methyl sites for hydroxylation is 1. The van der Waals surface area contributed by atoms with Crippen molar-refractivity contribution in [3.05, 3.63) is 28.6 Å². The first-order chi connectivity index (χ1) is 6.77. The molecule has 0 fully saturated rings. The lowest BCUT2D eigenvalue weighted by molar-refractivity contribution is 0.282. The van der Waals surface area contributed by atoms with Crippen molar-refractivity contribution in [2.75, 3.05) is 6.26 Å². The van der Waals surface area contributed by atoms with Crippen molar-refractivity contribution in [2.24, 2.45) is 0 Å². The Kier molecular flexibility index (Phi) is 2.81. The largest absolute Gasteiger partial charge is 0.392 e. The maximum Gasteiger partial charge on any atom is 0.0690 e. The van der Waals surface area contributed by atoms with Gasteiger partial charge in [0.1, 0.15) is 0 Å². The summed E-state index contributed by atoms with van der Waals surface area (Å²) in [5.74, 6) is 0. The maximum absolute atomic E-state index is 9.30. The topological polar surface area (TPSA) is 20.2 Å². The van der Waals surface area contributed by atoms with Crippen LogP contribution in [0.4, 0.5) is 0 Å². The molecule has 0 aliphatic rings. The number of thioether (sulfide) groups is 1. The number of rotatable bonds is 2. The zero-order valence-electron chi connectivity index (χ0n) is 8.20. The van der Waals surface area contributed by atoms with E-state index >= 15 is 0 Å². The van der Waals surface area contributed by atoms with Gasteiger partial charge in [0.05, 0.1) is 6.61 Å². The second kappa shape index (κ2) is 3.93. The van der Waals surface area contributed by atoms with Crippen LogP contribution in [0, 0.1) is 6.92 Å². The van der Waals surface area contributed by atoms with Gasteiger partial charge in [-0.15, -0.1) is 23.1 Å². The molecule has 0 bridgehead atoms. The summed E-state index contributed by atoms with van der Waals surface area (Å²) in [5.41, 5.74) is 2.25. The van der Waals surface area contributed by atoms with Crippen LogP contribution in [-0.4, -0.2) is 11.4 Å². The Bertz CT molecular complexity index is 460. The van der Waals surface area contributed by atoms with Crippen molar-refractivity contribution in [2.45, 2.75) is 18.4 Å². The van der Waals surface area contributed by atoms with E-state index in [1.165, 1.54) is 20.5 Å². The summed E-state index contributed by atoms with van der Waals surface area (Å²) in [5, 5.41) is 12.6. The average Bonchev–Trinajstić information content (AvgIpc) is 2.65.